The van der Waals surface area contributed by atoms with Crippen LogP contribution in [0.5, 0.6) is 0 Å². The van der Waals surface area contributed by atoms with Crippen molar-refractivity contribution in [1.29, 1.82) is 0 Å². The number of halogens is 4. The van der Waals surface area contributed by atoms with E-state index in [1.807, 2.05) is 22.6 Å². The van der Waals surface area contributed by atoms with E-state index in [1.54, 1.807) is 54.6 Å². The average Bonchev–Trinajstić information content (AvgIpc) is 2.92. The zero-order valence-electron chi connectivity index (χ0n) is 19.6. The number of ether oxygens (including phenoxy) is 1. The van der Waals surface area contributed by atoms with Crippen molar-refractivity contribution in [2.45, 2.75) is 0 Å². The number of benzene rings is 4. The maximum absolute atomic E-state index is 14.6. The van der Waals surface area contributed by atoms with Gasteiger partial charge in [-0.25, -0.2) is 18.0 Å². The van der Waals surface area contributed by atoms with Crippen LogP contribution < -0.4 is 10.6 Å². The topological polar surface area (TPSA) is 92.2 Å². The third-order valence-electron chi connectivity index (χ3n) is 5.22. The summed E-state index contributed by atoms with van der Waals surface area (Å²) in [5, 5.41) is 13.3. The first-order chi connectivity index (χ1) is 18.2. The quantitative estimate of drug-likeness (QED) is 0.123. The summed E-state index contributed by atoms with van der Waals surface area (Å²) in [6.45, 7) is 0. The van der Waals surface area contributed by atoms with E-state index >= 15 is 0 Å². The highest BCUT2D eigenvalue weighted by atomic mass is 127. The summed E-state index contributed by atoms with van der Waals surface area (Å²) in [4.78, 5) is 24.4. The molecule has 0 atom stereocenters. The van der Waals surface area contributed by atoms with Crippen LogP contribution in [0, 0.1) is 21.0 Å². The molecule has 0 spiro atoms. The Morgan fingerprint density at radius 1 is 0.816 bits per heavy atom. The zero-order valence-corrected chi connectivity index (χ0v) is 21.8. The Balaban J connectivity index is 1.48. The molecule has 0 saturated carbocycles. The molecule has 4 rings (SSSR count). The number of hydrogen-bond donors (Lipinski definition) is 2. The Labute approximate surface area is 228 Å². The van der Waals surface area contributed by atoms with Gasteiger partial charge in [0.15, 0.2) is 11.6 Å². The summed E-state index contributed by atoms with van der Waals surface area (Å²) in [5.41, 5.74) is 0.898. The van der Waals surface area contributed by atoms with E-state index in [9.17, 15) is 22.8 Å². The first-order valence-corrected chi connectivity index (χ1v) is 12.0. The normalized spacial score (nSPS) is 10.9. The van der Waals surface area contributed by atoms with E-state index in [-0.39, 0.29) is 11.3 Å². The lowest BCUT2D eigenvalue weighted by atomic mass is 10.1. The van der Waals surface area contributed by atoms with Gasteiger partial charge in [0.25, 0.3) is 5.91 Å². The van der Waals surface area contributed by atoms with Crippen molar-refractivity contribution >= 4 is 62.9 Å². The van der Waals surface area contributed by atoms with Crippen LogP contribution in [0.2, 0.25) is 0 Å². The van der Waals surface area contributed by atoms with Crippen molar-refractivity contribution < 1.29 is 27.5 Å². The molecule has 0 aliphatic carbocycles. The van der Waals surface area contributed by atoms with Gasteiger partial charge in [0, 0.05) is 9.26 Å². The first kappa shape index (κ1) is 26.8. The van der Waals surface area contributed by atoms with Crippen molar-refractivity contribution in [1.82, 2.24) is 0 Å². The number of hydrogen-bond acceptors (Lipinski definition) is 6. The fourth-order valence-corrected chi connectivity index (χ4v) is 3.75. The Hall–Kier alpha value is -4.26. The van der Waals surface area contributed by atoms with Gasteiger partial charge in [-0.2, -0.15) is 10.2 Å². The molecule has 11 heteroatoms. The lowest BCUT2D eigenvalue weighted by Crippen LogP contribution is -2.15. The predicted molar refractivity (Wildman–Crippen MR) is 145 cm³/mol. The maximum atomic E-state index is 14.6. The highest BCUT2D eigenvalue weighted by Gasteiger charge is 2.20. The monoisotopic (exact) mass is 630 g/mol. The molecule has 0 aliphatic heterocycles. The summed E-state index contributed by atoms with van der Waals surface area (Å²) in [5.74, 6) is -4.39. The Morgan fingerprint density at radius 2 is 1.45 bits per heavy atom. The standard InChI is InChI=1S/C27H18F3IN4O3/c1-38-27(37)15-2-5-18(6-3-15)34-35-19-9-7-17(8-10-19)32-26(36)20-11-12-21(28)24(30)25(20)33-23-13-4-16(31)14-22(23)29/h2-14,33H,1H3,(H,32,36). The van der Waals surface area contributed by atoms with E-state index in [1.165, 1.54) is 19.2 Å². The SMILES string of the molecule is COC(=O)c1ccc(N=Nc2ccc(NC(=O)c3ccc(F)c(F)c3Nc3ccc(I)cc3F)cc2)cc1. The third kappa shape index (κ3) is 6.35. The van der Waals surface area contributed by atoms with Gasteiger partial charge in [-0.1, -0.05) is 0 Å². The number of amides is 1. The van der Waals surface area contributed by atoms with Crippen LogP contribution in [0.25, 0.3) is 0 Å². The van der Waals surface area contributed by atoms with Gasteiger partial charge in [-0.15, -0.1) is 0 Å². The summed E-state index contributed by atoms with van der Waals surface area (Å²) in [7, 11) is 1.29. The van der Waals surface area contributed by atoms with Crippen molar-refractivity contribution in [2.75, 3.05) is 17.7 Å². The van der Waals surface area contributed by atoms with Crippen LogP contribution in [0.15, 0.2) is 89.1 Å². The van der Waals surface area contributed by atoms with Gasteiger partial charge in [-0.05, 0) is 101 Å². The van der Waals surface area contributed by atoms with Crippen LogP contribution in [0.1, 0.15) is 20.7 Å². The van der Waals surface area contributed by atoms with Crippen LogP contribution in [0.3, 0.4) is 0 Å². The zero-order chi connectivity index (χ0) is 27.2. The van der Waals surface area contributed by atoms with E-state index in [4.69, 9.17) is 0 Å². The molecule has 0 heterocycles. The molecule has 2 N–H and O–H groups in total. The molecule has 1 amide bonds. The van der Waals surface area contributed by atoms with Gasteiger partial charge in [0.2, 0.25) is 0 Å². The van der Waals surface area contributed by atoms with Crippen LogP contribution in [0.4, 0.5) is 41.6 Å². The minimum absolute atomic E-state index is 0.112. The van der Waals surface area contributed by atoms with Crippen molar-refractivity contribution in [2.24, 2.45) is 10.2 Å². The molecule has 0 unspecified atom stereocenters. The van der Waals surface area contributed by atoms with Crippen molar-refractivity contribution in [3.05, 3.63) is 111 Å². The fourth-order valence-electron chi connectivity index (χ4n) is 3.29. The largest absolute Gasteiger partial charge is 0.465 e. The van der Waals surface area contributed by atoms with Crippen LogP contribution in [-0.4, -0.2) is 19.0 Å². The molecule has 38 heavy (non-hydrogen) atoms. The molecule has 0 radical (unpaired) electrons. The summed E-state index contributed by atoms with van der Waals surface area (Å²) < 4.78 is 48.1. The number of methoxy groups -OCH3 is 1. The van der Waals surface area contributed by atoms with Gasteiger partial charge in [0.05, 0.1) is 41.0 Å². The van der Waals surface area contributed by atoms with E-state index < -0.39 is 35.0 Å². The van der Waals surface area contributed by atoms with Gasteiger partial charge < -0.3 is 15.4 Å². The molecule has 0 saturated heterocycles. The number of carbonyl (C=O) groups excluding carboxylic acids is 2. The minimum Gasteiger partial charge on any atom is -0.465 e. The molecule has 4 aromatic rings. The molecule has 0 aliphatic rings. The number of rotatable bonds is 7. The molecule has 0 bridgehead atoms. The molecular weight excluding hydrogens is 612 g/mol. The molecular formula is C27H18F3IN4O3. The van der Waals surface area contributed by atoms with Crippen molar-refractivity contribution in [3.8, 4) is 0 Å². The second-order valence-electron chi connectivity index (χ2n) is 7.77. The Morgan fingerprint density at radius 3 is 2.05 bits per heavy atom. The number of esters is 1. The number of azo groups is 1. The second kappa shape index (κ2) is 11.9. The molecule has 7 nitrogen and oxygen atoms in total. The highest BCUT2D eigenvalue weighted by molar-refractivity contribution is 14.1. The Bertz CT molecular complexity index is 1530. The van der Waals surface area contributed by atoms with Crippen molar-refractivity contribution in [3.63, 3.8) is 0 Å². The van der Waals surface area contributed by atoms with Crippen LogP contribution in [-0.2, 0) is 4.74 Å². The lowest BCUT2D eigenvalue weighted by molar-refractivity contribution is 0.0600. The second-order valence-corrected chi connectivity index (χ2v) is 9.02. The predicted octanol–water partition coefficient (Wildman–Crippen LogP) is 7.91. The number of nitrogens with zero attached hydrogens (tertiary/aromatic N) is 2. The van der Waals surface area contributed by atoms with E-state index in [0.29, 0.717) is 26.2 Å². The van der Waals surface area contributed by atoms with Gasteiger partial charge >= 0.3 is 5.97 Å². The highest BCUT2D eigenvalue weighted by Crippen LogP contribution is 2.29. The Kier molecular flexibility index (Phi) is 8.36. The summed E-state index contributed by atoms with van der Waals surface area (Å²) >= 11 is 1.92. The number of anilines is 3. The lowest BCUT2D eigenvalue weighted by Gasteiger charge is -2.14. The summed E-state index contributed by atoms with van der Waals surface area (Å²) in [6.07, 6.45) is 0. The van der Waals surface area contributed by atoms with E-state index in [2.05, 4.69) is 25.6 Å². The number of nitrogens with one attached hydrogen (secondary N) is 2. The third-order valence-corrected chi connectivity index (χ3v) is 5.90. The first-order valence-electron chi connectivity index (χ1n) is 11.0. The van der Waals surface area contributed by atoms with E-state index in [0.717, 1.165) is 12.1 Å². The van der Waals surface area contributed by atoms with Gasteiger partial charge in [0.1, 0.15) is 5.82 Å². The van der Waals surface area contributed by atoms with Gasteiger partial charge in [-0.3, -0.25) is 4.79 Å². The molecule has 4 aromatic carbocycles. The molecule has 0 aromatic heterocycles. The number of carbonyl (C=O) groups is 2. The smallest absolute Gasteiger partial charge is 0.337 e. The minimum atomic E-state index is -1.31. The molecule has 192 valence electrons. The molecule has 0 fully saturated rings. The average molecular weight is 630 g/mol. The fraction of sp³-hybridized carbons (Fsp3) is 0.0370. The maximum Gasteiger partial charge on any atom is 0.337 e. The van der Waals surface area contributed by atoms with Crippen LogP contribution >= 0.6 is 22.6 Å². The summed E-state index contributed by atoms with van der Waals surface area (Å²) in [6, 6.07) is 18.7.